The molecular weight excluding hydrogens is 288 g/mol. The molecule has 1 aromatic carbocycles. The van der Waals surface area contributed by atoms with Crippen LogP contribution in [0.2, 0.25) is 0 Å². The maximum atomic E-state index is 4.45. The SMILES string of the molecule is Cc1cc(C)cc(N(C)c2nccc(C)c2Br)c1. The van der Waals surface area contributed by atoms with Crippen LogP contribution in [0.15, 0.2) is 34.9 Å². The maximum absolute atomic E-state index is 4.45. The minimum atomic E-state index is 0.944. The van der Waals surface area contributed by atoms with Crippen LogP contribution in [0.5, 0.6) is 0 Å². The lowest BCUT2D eigenvalue weighted by molar-refractivity contribution is 1.10. The van der Waals surface area contributed by atoms with Crippen LogP contribution in [-0.4, -0.2) is 12.0 Å². The van der Waals surface area contributed by atoms with E-state index in [0.717, 1.165) is 16.0 Å². The number of halogens is 1. The van der Waals surface area contributed by atoms with Crippen LogP contribution in [0.1, 0.15) is 16.7 Å². The van der Waals surface area contributed by atoms with Crippen LogP contribution in [0.3, 0.4) is 0 Å². The van der Waals surface area contributed by atoms with Crippen molar-refractivity contribution in [2.75, 3.05) is 11.9 Å². The summed E-state index contributed by atoms with van der Waals surface area (Å²) in [4.78, 5) is 6.56. The monoisotopic (exact) mass is 304 g/mol. The van der Waals surface area contributed by atoms with Gasteiger partial charge in [-0.1, -0.05) is 6.07 Å². The van der Waals surface area contributed by atoms with E-state index in [1.165, 1.54) is 16.7 Å². The van der Waals surface area contributed by atoms with Gasteiger partial charge in [0, 0.05) is 18.9 Å². The van der Waals surface area contributed by atoms with Crippen molar-refractivity contribution in [3.63, 3.8) is 0 Å². The summed E-state index contributed by atoms with van der Waals surface area (Å²) in [5.74, 6) is 0.944. The van der Waals surface area contributed by atoms with Crippen molar-refractivity contribution in [2.45, 2.75) is 20.8 Å². The molecule has 0 fully saturated rings. The number of rotatable bonds is 2. The highest BCUT2D eigenvalue weighted by molar-refractivity contribution is 9.10. The van der Waals surface area contributed by atoms with Gasteiger partial charge in [-0.05, 0) is 71.6 Å². The number of aryl methyl sites for hydroxylation is 3. The van der Waals surface area contributed by atoms with Gasteiger partial charge in [-0.15, -0.1) is 0 Å². The maximum Gasteiger partial charge on any atom is 0.147 e. The van der Waals surface area contributed by atoms with Crippen molar-refractivity contribution in [3.8, 4) is 0 Å². The van der Waals surface area contributed by atoms with Gasteiger partial charge in [0.1, 0.15) is 5.82 Å². The first-order chi connectivity index (χ1) is 8.49. The van der Waals surface area contributed by atoms with E-state index in [1.807, 2.05) is 19.3 Å². The average Bonchev–Trinajstić information content (AvgIpc) is 2.30. The Morgan fingerprint density at radius 1 is 1.06 bits per heavy atom. The van der Waals surface area contributed by atoms with E-state index < -0.39 is 0 Å². The van der Waals surface area contributed by atoms with Crippen molar-refractivity contribution >= 4 is 27.4 Å². The molecule has 0 saturated carbocycles. The number of pyridine rings is 1. The fraction of sp³-hybridized carbons (Fsp3) is 0.267. The molecule has 1 aromatic heterocycles. The lowest BCUT2D eigenvalue weighted by Crippen LogP contribution is -2.12. The van der Waals surface area contributed by atoms with Crippen molar-refractivity contribution in [1.82, 2.24) is 4.98 Å². The third-order valence-corrected chi connectivity index (χ3v) is 3.96. The second kappa shape index (κ2) is 5.11. The van der Waals surface area contributed by atoms with E-state index in [9.17, 15) is 0 Å². The van der Waals surface area contributed by atoms with Crippen LogP contribution < -0.4 is 4.90 Å². The van der Waals surface area contributed by atoms with E-state index in [1.54, 1.807) is 0 Å². The molecule has 0 N–H and O–H groups in total. The Labute approximate surface area is 117 Å². The standard InChI is InChI=1S/C15H17BrN2/c1-10-7-11(2)9-13(8-10)18(4)15-14(16)12(3)5-6-17-15/h5-9H,1-4H3. The molecule has 0 aliphatic rings. The predicted octanol–water partition coefficient (Wildman–Crippen LogP) is 4.54. The summed E-state index contributed by atoms with van der Waals surface area (Å²) >= 11 is 3.61. The first-order valence-electron chi connectivity index (χ1n) is 5.92. The zero-order valence-corrected chi connectivity index (χ0v) is 12.7. The van der Waals surface area contributed by atoms with Crippen molar-refractivity contribution in [2.24, 2.45) is 0 Å². The molecule has 0 aliphatic carbocycles. The van der Waals surface area contributed by atoms with Gasteiger partial charge in [0.05, 0.1) is 4.47 Å². The Morgan fingerprint density at radius 3 is 2.28 bits per heavy atom. The molecular formula is C15H17BrN2. The van der Waals surface area contributed by atoms with Gasteiger partial charge >= 0.3 is 0 Å². The fourth-order valence-electron chi connectivity index (χ4n) is 2.03. The second-order valence-electron chi connectivity index (χ2n) is 4.67. The summed E-state index contributed by atoms with van der Waals surface area (Å²) in [6.07, 6.45) is 1.84. The van der Waals surface area contributed by atoms with E-state index in [2.05, 4.69) is 64.8 Å². The highest BCUT2D eigenvalue weighted by Gasteiger charge is 2.11. The molecule has 0 saturated heterocycles. The Balaban J connectivity index is 2.47. The lowest BCUT2D eigenvalue weighted by Gasteiger charge is -2.21. The van der Waals surface area contributed by atoms with Gasteiger partial charge in [-0.2, -0.15) is 0 Å². The van der Waals surface area contributed by atoms with E-state index in [-0.39, 0.29) is 0 Å². The molecule has 3 heteroatoms. The molecule has 0 spiro atoms. The average molecular weight is 305 g/mol. The number of benzene rings is 1. The van der Waals surface area contributed by atoms with E-state index in [4.69, 9.17) is 0 Å². The largest absolute Gasteiger partial charge is 0.329 e. The molecule has 0 radical (unpaired) electrons. The highest BCUT2D eigenvalue weighted by Crippen LogP contribution is 2.31. The van der Waals surface area contributed by atoms with Crippen LogP contribution in [-0.2, 0) is 0 Å². The lowest BCUT2D eigenvalue weighted by atomic mass is 10.1. The molecule has 94 valence electrons. The number of anilines is 2. The zero-order chi connectivity index (χ0) is 13.3. The Kier molecular flexibility index (Phi) is 3.71. The minimum Gasteiger partial charge on any atom is -0.329 e. The van der Waals surface area contributed by atoms with Crippen molar-refractivity contribution < 1.29 is 0 Å². The molecule has 0 aliphatic heterocycles. The number of nitrogens with zero attached hydrogens (tertiary/aromatic N) is 2. The third-order valence-electron chi connectivity index (χ3n) is 2.98. The summed E-state index contributed by atoms with van der Waals surface area (Å²) in [6, 6.07) is 8.52. The summed E-state index contributed by atoms with van der Waals surface area (Å²) < 4.78 is 1.05. The molecule has 0 bridgehead atoms. The molecule has 2 rings (SSSR count). The Bertz CT molecular complexity index is 558. The normalized spacial score (nSPS) is 10.5. The van der Waals surface area contributed by atoms with Crippen LogP contribution in [0, 0.1) is 20.8 Å². The molecule has 2 aromatic rings. The van der Waals surface area contributed by atoms with Gasteiger partial charge in [0.15, 0.2) is 0 Å². The van der Waals surface area contributed by atoms with Gasteiger partial charge < -0.3 is 4.90 Å². The smallest absolute Gasteiger partial charge is 0.147 e. The molecule has 1 heterocycles. The molecule has 0 amide bonds. The summed E-state index contributed by atoms with van der Waals surface area (Å²) in [5, 5.41) is 0. The van der Waals surface area contributed by atoms with Gasteiger partial charge in [-0.3, -0.25) is 0 Å². The number of hydrogen-bond donors (Lipinski definition) is 0. The van der Waals surface area contributed by atoms with E-state index >= 15 is 0 Å². The first kappa shape index (κ1) is 13.1. The summed E-state index contributed by atoms with van der Waals surface area (Å²) in [5.41, 5.74) is 4.88. The molecule has 18 heavy (non-hydrogen) atoms. The minimum absolute atomic E-state index is 0.944. The zero-order valence-electron chi connectivity index (χ0n) is 11.2. The number of hydrogen-bond acceptors (Lipinski definition) is 2. The fourth-order valence-corrected chi connectivity index (χ4v) is 2.53. The van der Waals surface area contributed by atoms with Gasteiger partial charge in [0.2, 0.25) is 0 Å². The van der Waals surface area contributed by atoms with Crippen LogP contribution in [0.4, 0.5) is 11.5 Å². The molecule has 0 unspecified atom stereocenters. The second-order valence-corrected chi connectivity index (χ2v) is 5.46. The van der Waals surface area contributed by atoms with Gasteiger partial charge in [-0.25, -0.2) is 4.98 Å². The predicted molar refractivity (Wildman–Crippen MR) is 80.7 cm³/mol. The van der Waals surface area contributed by atoms with Gasteiger partial charge in [0.25, 0.3) is 0 Å². The Morgan fingerprint density at radius 2 is 1.67 bits per heavy atom. The quantitative estimate of drug-likeness (QED) is 0.810. The number of aromatic nitrogens is 1. The highest BCUT2D eigenvalue weighted by atomic mass is 79.9. The van der Waals surface area contributed by atoms with Crippen molar-refractivity contribution in [3.05, 3.63) is 51.6 Å². The molecule has 2 nitrogen and oxygen atoms in total. The topological polar surface area (TPSA) is 16.1 Å². The summed E-state index contributed by atoms with van der Waals surface area (Å²) in [7, 11) is 2.04. The molecule has 0 atom stereocenters. The van der Waals surface area contributed by atoms with Crippen LogP contribution >= 0.6 is 15.9 Å². The van der Waals surface area contributed by atoms with Crippen molar-refractivity contribution in [1.29, 1.82) is 0 Å². The van der Waals surface area contributed by atoms with Crippen LogP contribution in [0.25, 0.3) is 0 Å². The van der Waals surface area contributed by atoms with E-state index in [0.29, 0.717) is 0 Å². The first-order valence-corrected chi connectivity index (χ1v) is 6.71. The Hall–Kier alpha value is -1.35. The summed E-state index contributed by atoms with van der Waals surface area (Å²) in [6.45, 7) is 6.30. The third kappa shape index (κ3) is 2.56.